The first-order chi connectivity index (χ1) is 7.65. The Bertz CT molecular complexity index is 325. The van der Waals surface area contributed by atoms with Gasteiger partial charge in [-0.25, -0.2) is 4.98 Å². The SMILES string of the molecule is CCC(C)(CO)NCc1cccnc1OC. The zero-order chi connectivity index (χ0) is 12.0. The minimum absolute atomic E-state index is 0.117. The van der Waals surface area contributed by atoms with E-state index in [9.17, 15) is 5.11 Å². The van der Waals surface area contributed by atoms with Gasteiger partial charge in [-0.2, -0.15) is 0 Å². The van der Waals surface area contributed by atoms with Crippen LogP contribution < -0.4 is 10.1 Å². The van der Waals surface area contributed by atoms with Crippen LogP contribution in [0.25, 0.3) is 0 Å². The molecular formula is C12H20N2O2. The van der Waals surface area contributed by atoms with E-state index in [4.69, 9.17) is 4.74 Å². The summed E-state index contributed by atoms with van der Waals surface area (Å²) in [4.78, 5) is 4.12. The Morgan fingerprint density at radius 3 is 2.88 bits per heavy atom. The number of nitrogens with one attached hydrogen (secondary N) is 1. The number of ether oxygens (including phenoxy) is 1. The summed E-state index contributed by atoms with van der Waals surface area (Å²) in [6, 6.07) is 3.84. The molecule has 1 aromatic rings. The predicted molar refractivity (Wildman–Crippen MR) is 63.4 cm³/mol. The molecule has 2 N–H and O–H groups in total. The monoisotopic (exact) mass is 224 g/mol. The Morgan fingerprint density at radius 2 is 2.31 bits per heavy atom. The van der Waals surface area contributed by atoms with Gasteiger partial charge in [0, 0.05) is 23.8 Å². The highest BCUT2D eigenvalue weighted by Crippen LogP contribution is 2.15. The first-order valence-electron chi connectivity index (χ1n) is 5.49. The lowest BCUT2D eigenvalue weighted by molar-refractivity contribution is 0.168. The van der Waals surface area contributed by atoms with Crippen LogP contribution in [-0.4, -0.2) is 29.3 Å². The van der Waals surface area contributed by atoms with Crippen molar-refractivity contribution < 1.29 is 9.84 Å². The van der Waals surface area contributed by atoms with E-state index in [1.54, 1.807) is 13.3 Å². The number of aliphatic hydroxyl groups excluding tert-OH is 1. The predicted octanol–water partition coefficient (Wildman–Crippen LogP) is 1.34. The second-order valence-corrected chi connectivity index (χ2v) is 4.10. The van der Waals surface area contributed by atoms with Crippen LogP contribution in [-0.2, 0) is 6.54 Å². The Morgan fingerprint density at radius 1 is 1.56 bits per heavy atom. The van der Waals surface area contributed by atoms with Crippen LogP contribution in [0.1, 0.15) is 25.8 Å². The Balaban J connectivity index is 2.67. The summed E-state index contributed by atoms with van der Waals surface area (Å²) in [5.41, 5.74) is 0.749. The van der Waals surface area contributed by atoms with Crippen molar-refractivity contribution in [1.29, 1.82) is 0 Å². The molecule has 1 aromatic heterocycles. The number of hydrogen-bond donors (Lipinski definition) is 2. The summed E-state index contributed by atoms with van der Waals surface area (Å²) in [6.45, 7) is 4.80. The highest BCUT2D eigenvalue weighted by molar-refractivity contribution is 5.25. The molecule has 0 spiro atoms. The van der Waals surface area contributed by atoms with Crippen molar-refractivity contribution in [3.63, 3.8) is 0 Å². The molecule has 4 nitrogen and oxygen atoms in total. The van der Waals surface area contributed by atoms with E-state index in [-0.39, 0.29) is 12.1 Å². The summed E-state index contributed by atoms with van der Waals surface area (Å²) >= 11 is 0. The van der Waals surface area contributed by atoms with Crippen LogP contribution in [0.5, 0.6) is 5.88 Å². The molecule has 16 heavy (non-hydrogen) atoms. The Hall–Kier alpha value is -1.13. The number of aromatic nitrogens is 1. The third-order valence-corrected chi connectivity index (χ3v) is 2.88. The highest BCUT2D eigenvalue weighted by atomic mass is 16.5. The normalized spacial score (nSPS) is 14.5. The number of rotatable bonds is 6. The minimum Gasteiger partial charge on any atom is -0.481 e. The Kier molecular flexibility index (Phi) is 4.71. The molecule has 1 unspecified atom stereocenters. The van der Waals surface area contributed by atoms with Crippen LogP contribution in [0.3, 0.4) is 0 Å². The first-order valence-corrected chi connectivity index (χ1v) is 5.49. The average molecular weight is 224 g/mol. The van der Waals surface area contributed by atoms with Gasteiger partial charge in [0.15, 0.2) is 0 Å². The number of aliphatic hydroxyl groups is 1. The number of hydrogen-bond acceptors (Lipinski definition) is 4. The number of methoxy groups -OCH3 is 1. The van der Waals surface area contributed by atoms with E-state index in [1.165, 1.54) is 0 Å². The van der Waals surface area contributed by atoms with Gasteiger partial charge in [-0.1, -0.05) is 13.0 Å². The number of pyridine rings is 1. The molecule has 1 rings (SSSR count). The summed E-state index contributed by atoms with van der Waals surface area (Å²) < 4.78 is 5.16. The third kappa shape index (κ3) is 3.18. The maximum atomic E-state index is 9.28. The van der Waals surface area contributed by atoms with Crippen LogP contribution >= 0.6 is 0 Å². The summed E-state index contributed by atoms with van der Waals surface area (Å²) in [6.07, 6.45) is 2.57. The maximum Gasteiger partial charge on any atom is 0.217 e. The van der Waals surface area contributed by atoms with E-state index in [0.717, 1.165) is 12.0 Å². The molecular weight excluding hydrogens is 204 g/mol. The molecule has 0 aliphatic rings. The zero-order valence-corrected chi connectivity index (χ0v) is 10.2. The van der Waals surface area contributed by atoms with E-state index in [2.05, 4.69) is 10.3 Å². The van der Waals surface area contributed by atoms with Gasteiger partial charge in [-0.3, -0.25) is 0 Å². The van der Waals surface area contributed by atoms with Crippen molar-refractivity contribution in [2.75, 3.05) is 13.7 Å². The molecule has 4 heteroatoms. The fourth-order valence-corrected chi connectivity index (χ4v) is 1.34. The largest absolute Gasteiger partial charge is 0.481 e. The lowest BCUT2D eigenvalue weighted by atomic mass is 10.00. The zero-order valence-electron chi connectivity index (χ0n) is 10.2. The summed E-state index contributed by atoms with van der Waals surface area (Å²) in [7, 11) is 1.61. The van der Waals surface area contributed by atoms with Crippen LogP contribution in [0, 0.1) is 0 Å². The third-order valence-electron chi connectivity index (χ3n) is 2.88. The second kappa shape index (κ2) is 5.82. The van der Waals surface area contributed by atoms with Crippen molar-refractivity contribution in [1.82, 2.24) is 10.3 Å². The van der Waals surface area contributed by atoms with Crippen molar-refractivity contribution in [3.8, 4) is 5.88 Å². The molecule has 1 atom stereocenters. The number of nitrogens with zero attached hydrogens (tertiary/aromatic N) is 1. The molecule has 0 fully saturated rings. The van der Waals surface area contributed by atoms with Gasteiger partial charge in [-0.05, 0) is 19.4 Å². The quantitative estimate of drug-likeness (QED) is 0.765. The minimum atomic E-state index is -0.249. The van der Waals surface area contributed by atoms with Crippen LogP contribution in [0.15, 0.2) is 18.3 Å². The van der Waals surface area contributed by atoms with Crippen molar-refractivity contribution in [3.05, 3.63) is 23.9 Å². The maximum absolute atomic E-state index is 9.28. The van der Waals surface area contributed by atoms with Gasteiger partial charge in [-0.15, -0.1) is 0 Å². The molecule has 90 valence electrons. The highest BCUT2D eigenvalue weighted by Gasteiger charge is 2.20. The average Bonchev–Trinajstić information content (AvgIpc) is 2.36. The molecule has 0 aliphatic carbocycles. The van der Waals surface area contributed by atoms with Crippen molar-refractivity contribution in [2.24, 2.45) is 0 Å². The topological polar surface area (TPSA) is 54.4 Å². The fourth-order valence-electron chi connectivity index (χ4n) is 1.34. The Labute approximate surface area is 96.7 Å². The van der Waals surface area contributed by atoms with Gasteiger partial charge in [0.25, 0.3) is 0 Å². The van der Waals surface area contributed by atoms with Gasteiger partial charge in [0.05, 0.1) is 13.7 Å². The van der Waals surface area contributed by atoms with E-state index >= 15 is 0 Å². The van der Waals surface area contributed by atoms with Gasteiger partial charge >= 0.3 is 0 Å². The van der Waals surface area contributed by atoms with E-state index < -0.39 is 0 Å². The fraction of sp³-hybridized carbons (Fsp3) is 0.583. The summed E-state index contributed by atoms with van der Waals surface area (Å²) in [5, 5.41) is 12.6. The standard InChI is InChI=1S/C12H20N2O2/c1-4-12(2,9-15)14-8-10-6-5-7-13-11(10)16-3/h5-7,14-15H,4,8-9H2,1-3H3. The second-order valence-electron chi connectivity index (χ2n) is 4.10. The lowest BCUT2D eigenvalue weighted by Crippen LogP contribution is -2.44. The molecule has 0 amide bonds. The molecule has 0 saturated carbocycles. The van der Waals surface area contributed by atoms with E-state index in [0.29, 0.717) is 12.4 Å². The van der Waals surface area contributed by atoms with Crippen molar-refractivity contribution in [2.45, 2.75) is 32.4 Å². The molecule has 0 aliphatic heterocycles. The molecule has 0 saturated heterocycles. The molecule has 0 bridgehead atoms. The van der Waals surface area contributed by atoms with Gasteiger partial charge < -0.3 is 15.2 Å². The molecule has 0 aromatic carbocycles. The van der Waals surface area contributed by atoms with Crippen LogP contribution in [0.2, 0.25) is 0 Å². The summed E-state index contributed by atoms with van der Waals surface area (Å²) in [5.74, 6) is 0.631. The smallest absolute Gasteiger partial charge is 0.217 e. The first kappa shape index (κ1) is 12.9. The van der Waals surface area contributed by atoms with Crippen molar-refractivity contribution >= 4 is 0 Å². The molecule has 0 radical (unpaired) electrons. The van der Waals surface area contributed by atoms with Gasteiger partial charge in [0.2, 0.25) is 5.88 Å². The van der Waals surface area contributed by atoms with Gasteiger partial charge in [0.1, 0.15) is 0 Å². The van der Waals surface area contributed by atoms with Crippen LogP contribution in [0.4, 0.5) is 0 Å². The lowest BCUT2D eigenvalue weighted by Gasteiger charge is -2.27. The van der Waals surface area contributed by atoms with E-state index in [1.807, 2.05) is 26.0 Å². The molecule has 1 heterocycles.